The second kappa shape index (κ2) is 6.04. The normalized spacial score (nSPS) is 16.9. The van der Waals surface area contributed by atoms with E-state index in [0.717, 1.165) is 18.5 Å². The van der Waals surface area contributed by atoms with Crippen LogP contribution in [0, 0.1) is 11.2 Å². The van der Waals surface area contributed by atoms with Gasteiger partial charge >= 0.3 is 0 Å². The van der Waals surface area contributed by atoms with E-state index in [1.54, 1.807) is 6.07 Å². The number of amidine groups is 1. The number of rotatable bonds is 3. The molecule has 104 valence electrons. The Morgan fingerprint density at radius 2 is 1.89 bits per heavy atom. The maximum atomic E-state index is 13.9. The molecule has 0 amide bonds. The number of hydrogen-bond acceptors (Lipinski definition) is 2. The Morgan fingerprint density at radius 1 is 1.26 bits per heavy atom. The molecule has 1 saturated carbocycles. The van der Waals surface area contributed by atoms with Crippen molar-refractivity contribution in [2.45, 2.75) is 44.6 Å². The first-order valence-corrected chi connectivity index (χ1v) is 6.97. The molecule has 2 rings (SSSR count). The van der Waals surface area contributed by atoms with Crippen molar-refractivity contribution in [1.29, 1.82) is 5.41 Å². The van der Waals surface area contributed by atoms with Gasteiger partial charge in [0.15, 0.2) is 0 Å². The Hall–Kier alpha value is -1.58. The minimum absolute atomic E-state index is 0.200. The van der Waals surface area contributed by atoms with Crippen LogP contribution in [0.25, 0.3) is 0 Å². The minimum atomic E-state index is -0.412. The molecule has 19 heavy (non-hydrogen) atoms. The first-order chi connectivity index (χ1) is 9.11. The van der Waals surface area contributed by atoms with Gasteiger partial charge in [-0.1, -0.05) is 31.7 Å². The van der Waals surface area contributed by atoms with E-state index in [4.69, 9.17) is 11.1 Å². The maximum absolute atomic E-state index is 13.9. The lowest BCUT2D eigenvalue weighted by molar-refractivity contribution is 0.550. The van der Waals surface area contributed by atoms with E-state index in [1.165, 1.54) is 31.7 Å². The first kappa shape index (κ1) is 13.8. The third-order valence-corrected chi connectivity index (χ3v) is 4.01. The number of hydrogen-bond donors (Lipinski definition) is 2. The molecule has 0 aliphatic heterocycles. The Balaban J connectivity index is 2.29. The highest BCUT2D eigenvalue weighted by atomic mass is 19.1. The van der Waals surface area contributed by atoms with Crippen molar-refractivity contribution in [3.8, 4) is 0 Å². The number of halogens is 1. The molecule has 0 atom stereocenters. The number of anilines is 1. The number of benzene rings is 1. The van der Waals surface area contributed by atoms with Crippen LogP contribution in [-0.4, -0.2) is 18.9 Å². The first-order valence-electron chi connectivity index (χ1n) is 6.97. The Morgan fingerprint density at radius 3 is 2.47 bits per heavy atom. The van der Waals surface area contributed by atoms with Crippen molar-refractivity contribution in [2.24, 2.45) is 5.73 Å². The third-order valence-electron chi connectivity index (χ3n) is 4.01. The molecule has 0 heterocycles. The molecule has 1 aromatic carbocycles. The van der Waals surface area contributed by atoms with E-state index >= 15 is 0 Å². The average Bonchev–Trinajstić information content (AvgIpc) is 2.66. The summed E-state index contributed by atoms with van der Waals surface area (Å²) in [6.07, 6.45) is 7.27. The average molecular weight is 263 g/mol. The van der Waals surface area contributed by atoms with Crippen LogP contribution >= 0.6 is 0 Å². The number of nitrogen functional groups attached to an aromatic ring is 1. The quantitative estimate of drug-likeness (QED) is 0.499. The molecule has 3 N–H and O–H groups in total. The Bertz CT molecular complexity index is 451. The van der Waals surface area contributed by atoms with E-state index in [2.05, 4.69) is 4.90 Å². The summed E-state index contributed by atoms with van der Waals surface area (Å²) in [5.41, 5.74) is 6.50. The van der Waals surface area contributed by atoms with Gasteiger partial charge in [0.1, 0.15) is 11.7 Å². The molecule has 0 spiro atoms. The van der Waals surface area contributed by atoms with Gasteiger partial charge in [-0.25, -0.2) is 4.39 Å². The van der Waals surface area contributed by atoms with Crippen LogP contribution in [0.3, 0.4) is 0 Å². The van der Waals surface area contributed by atoms with Crippen molar-refractivity contribution >= 4 is 11.5 Å². The second-order valence-corrected chi connectivity index (χ2v) is 5.30. The van der Waals surface area contributed by atoms with Gasteiger partial charge in [-0.3, -0.25) is 5.41 Å². The molecular formula is C15H22FN3. The van der Waals surface area contributed by atoms with Crippen molar-refractivity contribution in [3.05, 3.63) is 29.6 Å². The number of nitrogens with one attached hydrogen (secondary N) is 1. The molecule has 0 unspecified atom stereocenters. The van der Waals surface area contributed by atoms with Gasteiger partial charge in [0.2, 0.25) is 0 Å². The molecule has 1 aliphatic carbocycles. The van der Waals surface area contributed by atoms with Gasteiger partial charge < -0.3 is 10.6 Å². The van der Waals surface area contributed by atoms with Crippen molar-refractivity contribution in [3.63, 3.8) is 0 Å². The van der Waals surface area contributed by atoms with Crippen LogP contribution in [0.5, 0.6) is 0 Å². The standard InChI is InChI=1S/C15H22FN3/c1-19(11-7-4-2-3-5-8-11)13-10-6-9-12(16)14(13)15(17)18/h6,9-11H,2-5,7-8H2,1H3,(H3,17,18). The van der Waals surface area contributed by atoms with Crippen LogP contribution in [-0.2, 0) is 0 Å². The largest absolute Gasteiger partial charge is 0.384 e. The molecule has 1 aromatic rings. The van der Waals surface area contributed by atoms with Crippen LogP contribution < -0.4 is 10.6 Å². The van der Waals surface area contributed by atoms with Crippen LogP contribution in [0.4, 0.5) is 10.1 Å². The van der Waals surface area contributed by atoms with Crippen molar-refractivity contribution in [2.75, 3.05) is 11.9 Å². The molecule has 0 saturated heterocycles. The summed E-state index contributed by atoms with van der Waals surface area (Å²) in [7, 11) is 1.98. The van der Waals surface area contributed by atoms with E-state index in [-0.39, 0.29) is 11.4 Å². The fraction of sp³-hybridized carbons (Fsp3) is 0.533. The fourth-order valence-electron chi connectivity index (χ4n) is 2.92. The smallest absolute Gasteiger partial charge is 0.136 e. The zero-order chi connectivity index (χ0) is 13.8. The highest BCUT2D eigenvalue weighted by molar-refractivity contribution is 6.00. The van der Waals surface area contributed by atoms with Crippen LogP contribution in [0.15, 0.2) is 18.2 Å². The third kappa shape index (κ3) is 3.06. The van der Waals surface area contributed by atoms with Gasteiger partial charge in [0.05, 0.1) is 11.3 Å². The molecule has 0 aromatic heterocycles. The van der Waals surface area contributed by atoms with Crippen molar-refractivity contribution < 1.29 is 4.39 Å². The summed E-state index contributed by atoms with van der Waals surface area (Å²) in [6, 6.07) is 5.32. The maximum Gasteiger partial charge on any atom is 0.136 e. The summed E-state index contributed by atoms with van der Waals surface area (Å²) in [6.45, 7) is 0. The van der Waals surface area contributed by atoms with Gasteiger partial charge in [0.25, 0.3) is 0 Å². The molecule has 0 bridgehead atoms. The van der Waals surface area contributed by atoms with Gasteiger partial charge in [-0.2, -0.15) is 0 Å². The monoisotopic (exact) mass is 263 g/mol. The van der Waals surface area contributed by atoms with Gasteiger partial charge in [-0.05, 0) is 25.0 Å². The summed E-state index contributed by atoms with van der Waals surface area (Å²) < 4.78 is 13.9. The van der Waals surface area contributed by atoms with Crippen LogP contribution in [0.2, 0.25) is 0 Å². The van der Waals surface area contributed by atoms with Crippen molar-refractivity contribution in [1.82, 2.24) is 0 Å². The molecule has 1 fully saturated rings. The topological polar surface area (TPSA) is 53.1 Å². The van der Waals surface area contributed by atoms with E-state index < -0.39 is 5.82 Å². The lowest BCUT2D eigenvalue weighted by atomic mass is 10.0. The lowest BCUT2D eigenvalue weighted by Crippen LogP contribution is -2.33. The summed E-state index contributed by atoms with van der Waals surface area (Å²) in [5.74, 6) is -0.612. The van der Waals surface area contributed by atoms with E-state index in [0.29, 0.717) is 6.04 Å². The lowest BCUT2D eigenvalue weighted by Gasteiger charge is -2.31. The van der Waals surface area contributed by atoms with Crippen LogP contribution in [0.1, 0.15) is 44.1 Å². The second-order valence-electron chi connectivity index (χ2n) is 5.30. The number of nitrogens with two attached hydrogens (primary N) is 1. The SMILES string of the molecule is CN(c1cccc(F)c1C(=N)N)C1CCCCCC1. The molecule has 4 heteroatoms. The zero-order valence-corrected chi connectivity index (χ0v) is 11.5. The predicted octanol–water partition coefficient (Wildman–Crippen LogP) is 3.27. The fourth-order valence-corrected chi connectivity index (χ4v) is 2.92. The summed E-state index contributed by atoms with van der Waals surface area (Å²) >= 11 is 0. The zero-order valence-electron chi connectivity index (χ0n) is 11.5. The Labute approximate surface area is 114 Å². The number of nitrogens with zero attached hydrogens (tertiary/aromatic N) is 1. The molecule has 3 nitrogen and oxygen atoms in total. The molecular weight excluding hydrogens is 241 g/mol. The summed E-state index contributed by atoms with van der Waals surface area (Å²) in [5, 5.41) is 7.58. The van der Waals surface area contributed by atoms with Gasteiger partial charge in [0, 0.05) is 13.1 Å². The Kier molecular flexibility index (Phi) is 4.40. The van der Waals surface area contributed by atoms with Gasteiger partial charge in [-0.15, -0.1) is 0 Å². The predicted molar refractivity (Wildman–Crippen MR) is 77.3 cm³/mol. The van der Waals surface area contributed by atoms with E-state index in [1.807, 2.05) is 13.1 Å². The summed E-state index contributed by atoms with van der Waals surface area (Å²) in [4.78, 5) is 2.10. The highest BCUT2D eigenvalue weighted by Crippen LogP contribution is 2.28. The minimum Gasteiger partial charge on any atom is -0.384 e. The highest BCUT2D eigenvalue weighted by Gasteiger charge is 2.21. The van der Waals surface area contributed by atoms with E-state index in [9.17, 15) is 4.39 Å². The molecule has 1 aliphatic rings. The molecule has 0 radical (unpaired) electrons.